The van der Waals surface area contributed by atoms with Crippen LogP contribution in [0.5, 0.6) is 0 Å². The Morgan fingerprint density at radius 3 is 1.69 bits per heavy atom. The second-order valence-electron chi connectivity index (χ2n) is 19.9. The van der Waals surface area contributed by atoms with Crippen molar-refractivity contribution in [1.29, 1.82) is 0 Å². The summed E-state index contributed by atoms with van der Waals surface area (Å²) in [6, 6.07) is 90.5. The Morgan fingerprint density at radius 2 is 0.958 bits per heavy atom. The third-order valence-corrected chi connectivity index (χ3v) is 15.6. The normalized spacial score (nSPS) is 14.2. The monoisotopic (exact) mass is 920 g/mol. The van der Waals surface area contributed by atoms with Gasteiger partial charge in [-0.1, -0.05) is 263 Å². The minimum Gasteiger partial charge on any atom is -0.398 e. The van der Waals surface area contributed by atoms with Gasteiger partial charge in [-0.25, -0.2) is 0 Å². The van der Waals surface area contributed by atoms with Crippen molar-refractivity contribution in [2.24, 2.45) is 10.7 Å². The highest BCUT2D eigenvalue weighted by Gasteiger charge is 2.47. The van der Waals surface area contributed by atoms with Gasteiger partial charge in [-0.05, 0) is 111 Å². The van der Waals surface area contributed by atoms with E-state index in [4.69, 9.17) is 10.7 Å². The van der Waals surface area contributed by atoms with Crippen LogP contribution in [0.2, 0.25) is 0 Å². The third-order valence-electron chi connectivity index (χ3n) is 15.6. The first kappa shape index (κ1) is 43.2. The maximum Gasteiger partial charge on any atom is 0.0713 e. The maximum absolute atomic E-state index is 7.43. The van der Waals surface area contributed by atoms with Gasteiger partial charge in [-0.3, -0.25) is 4.99 Å². The molecule has 2 nitrogen and oxygen atoms in total. The van der Waals surface area contributed by atoms with Gasteiger partial charge in [0.25, 0.3) is 0 Å². The molecule has 342 valence electrons. The molecule has 72 heavy (non-hydrogen) atoms. The zero-order valence-corrected chi connectivity index (χ0v) is 40.5. The summed E-state index contributed by atoms with van der Waals surface area (Å²) < 4.78 is 0. The average molecular weight is 921 g/mol. The van der Waals surface area contributed by atoms with Gasteiger partial charge in [-0.2, -0.15) is 0 Å². The standard InChI is InChI=1S/C70H52N2/c1-69(2)67-54(31-18-32-58(67)59-41-40-47-22-12-13-27-53(47)68(59)69)49-38-36-48(37-39-49)52-42-43-57(56-29-15-14-28-55(52)56)64(71)44-65(72-45-46-20-6-3-7-21-46)61-33-19-35-63-66(61)60-30-16-17-34-62(60)70(63,50-23-8-4-9-24-50)51-25-10-5-11-26-51/h3-44H,45,71H2,1-2H3/b64-44-,72-65?. The molecule has 0 saturated heterocycles. The van der Waals surface area contributed by atoms with Crippen molar-refractivity contribution in [3.63, 3.8) is 0 Å². The van der Waals surface area contributed by atoms with E-state index in [0.29, 0.717) is 12.2 Å². The van der Waals surface area contributed by atoms with E-state index in [9.17, 15) is 0 Å². The van der Waals surface area contributed by atoms with E-state index in [1.54, 1.807) is 0 Å². The maximum atomic E-state index is 7.43. The lowest BCUT2D eigenvalue weighted by Gasteiger charge is -2.34. The van der Waals surface area contributed by atoms with E-state index in [1.165, 1.54) is 83.1 Å². The number of allylic oxidation sites excluding steroid dienone is 1. The van der Waals surface area contributed by atoms with Gasteiger partial charge >= 0.3 is 0 Å². The van der Waals surface area contributed by atoms with Crippen molar-refractivity contribution in [2.75, 3.05) is 0 Å². The Morgan fingerprint density at radius 1 is 0.417 bits per heavy atom. The first-order chi connectivity index (χ1) is 35.4. The van der Waals surface area contributed by atoms with E-state index >= 15 is 0 Å². The number of nitrogens with two attached hydrogens (primary N) is 1. The minimum atomic E-state index is -0.534. The van der Waals surface area contributed by atoms with Crippen LogP contribution in [-0.2, 0) is 17.4 Å². The summed E-state index contributed by atoms with van der Waals surface area (Å²) in [4.78, 5) is 5.47. The highest BCUT2D eigenvalue weighted by Crippen LogP contribution is 2.58. The predicted octanol–water partition coefficient (Wildman–Crippen LogP) is 17.0. The first-order valence-corrected chi connectivity index (χ1v) is 25.1. The van der Waals surface area contributed by atoms with Crippen LogP contribution in [0.15, 0.2) is 260 Å². The van der Waals surface area contributed by atoms with Gasteiger partial charge < -0.3 is 5.73 Å². The molecule has 0 radical (unpaired) electrons. The largest absolute Gasteiger partial charge is 0.398 e. The van der Waals surface area contributed by atoms with Gasteiger partial charge in [0, 0.05) is 22.2 Å². The average Bonchev–Trinajstić information content (AvgIpc) is 3.88. The number of hydrogen-bond donors (Lipinski definition) is 1. The summed E-state index contributed by atoms with van der Waals surface area (Å²) in [6.07, 6.45) is 2.11. The highest BCUT2D eigenvalue weighted by molar-refractivity contribution is 6.18. The second-order valence-corrected chi connectivity index (χ2v) is 19.9. The smallest absolute Gasteiger partial charge is 0.0713 e. The van der Waals surface area contributed by atoms with Crippen LogP contribution in [0.25, 0.3) is 71.7 Å². The fraction of sp³-hybridized carbons (Fsp3) is 0.0714. The number of rotatable bonds is 9. The highest BCUT2D eigenvalue weighted by atomic mass is 14.7. The Balaban J connectivity index is 0.913. The first-order valence-electron chi connectivity index (χ1n) is 25.1. The number of fused-ring (bicyclic) bond motifs is 9. The van der Waals surface area contributed by atoms with E-state index in [-0.39, 0.29) is 5.41 Å². The predicted molar refractivity (Wildman–Crippen MR) is 302 cm³/mol. The summed E-state index contributed by atoms with van der Waals surface area (Å²) in [6.45, 7) is 5.29. The van der Waals surface area contributed by atoms with Crippen LogP contribution < -0.4 is 5.73 Å². The van der Waals surface area contributed by atoms with Gasteiger partial charge in [0.1, 0.15) is 0 Å². The second kappa shape index (κ2) is 17.2. The molecule has 0 amide bonds. The summed E-state index contributed by atoms with van der Waals surface area (Å²) in [7, 11) is 0. The SMILES string of the molecule is CC1(C)c2c(-c3ccc(-c4ccc(/C(N)=C/C(=NCc5ccccc5)c5cccc6c5-c5ccccc5C6(c5ccccc5)c5ccccc5)c5ccccc45)cc3)cccc2-c2ccc3ccccc3c21. The van der Waals surface area contributed by atoms with Gasteiger partial charge in [0.15, 0.2) is 0 Å². The third kappa shape index (κ3) is 6.74. The zero-order valence-electron chi connectivity index (χ0n) is 40.5. The lowest BCUT2D eigenvalue weighted by atomic mass is 9.67. The molecule has 0 atom stereocenters. The number of aliphatic imine (C=N–C) groups is 1. The van der Waals surface area contributed by atoms with Crippen LogP contribution in [0.4, 0.5) is 0 Å². The molecular formula is C70H52N2. The molecule has 0 spiro atoms. The van der Waals surface area contributed by atoms with Crippen molar-refractivity contribution in [1.82, 2.24) is 0 Å². The van der Waals surface area contributed by atoms with Gasteiger partial charge in [0.2, 0.25) is 0 Å². The van der Waals surface area contributed by atoms with Crippen LogP contribution in [0, 0.1) is 0 Å². The summed E-state index contributed by atoms with van der Waals surface area (Å²) in [5.74, 6) is 0. The van der Waals surface area contributed by atoms with Crippen molar-refractivity contribution in [2.45, 2.75) is 31.2 Å². The summed E-state index contributed by atoms with van der Waals surface area (Å²) in [5, 5.41) is 4.87. The topological polar surface area (TPSA) is 38.4 Å². The van der Waals surface area contributed by atoms with E-state index in [1.807, 2.05) is 0 Å². The molecule has 0 bridgehead atoms. The summed E-state index contributed by atoms with van der Waals surface area (Å²) >= 11 is 0. The molecule has 11 aromatic rings. The molecule has 11 aromatic carbocycles. The van der Waals surface area contributed by atoms with Gasteiger partial charge in [0.05, 0.1) is 17.7 Å². The van der Waals surface area contributed by atoms with Crippen LogP contribution in [0.3, 0.4) is 0 Å². The fourth-order valence-corrected chi connectivity index (χ4v) is 12.5. The Bertz CT molecular complexity index is 3920. The molecule has 0 aliphatic heterocycles. The van der Waals surface area contributed by atoms with E-state index in [0.717, 1.165) is 38.7 Å². The summed E-state index contributed by atoms with van der Waals surface area (Å²) in [5.41, 5.74) is 29.0. The molecule has 0 unspecified atom stereocenters. The molecule has 0 aromatic heterocycles. The molecular weight excluding hydrogens is 869 g/mol. The Labute approximate surface area is 422 Å². The quantitative estimate of drug-likeness (QED) is 0.144. The number of nitrogens with zero attached hydrogens (tertiary/aromatic N) is 1. The zero-order chi connectivity index (χ0) is 48.4. The van der Waals surface area contributed by atoms with Crippen LogP contribution in [0.1, 0.15) is 63.9 Å². The Hall–Kier alpha value is -8.85. The van der Waals surface area contributed by atoms with Crippen molar-refractivity contribution in [3.05, 3.63) is 305 Å². The van der Waals surface area contributed by atoms with Crippen LogP contribution in [-0.4, -0.2) is 5.71 Å². The van der Waals surface area contributed by atoms with Crippen molar-refractivity contribution in [3.8, 4) is 44.5 Å². The molecule has 2 aliphatic carbocycles. The van der Waals surface area contributed by atoms with Gasteiger partial charge in [-0.15, -0.1) is 0 Å². The molecule has 0 saturated carbocycles. The molecule has 13 rings (SSSR count). The molecule has 0 heterocycles. The van der Waals surface area contributed by atoms with Crippen molar-refractivity contribution >= 4 is 33.0 Å². The van der Waals surface area contributed by atoms with E-state index in [2.05, 4.69) is 269 Å². The molecule has 2 N–H and O–H groups in total. The number of benzene rings is 11. The fourth-order valence-electron chi connectivity index (χ4n) is 12.5. The lowest BCUT2D eigenvalue weighted by molar-refractivity contribution is 0.668. The molecule has 2 heteroatoms. The minimum absolute atomic E-state index is 0.160. The molecule has 2 aliphatic rings. The van der Waals surface area contributed by atoms with Crippen molar-refractivity contribution < 1.29 is 0 Å². The Kier molecular flexibility index (Phi) is 10.3. The lowest BCUT2D eigenvalue weighted by Crippen LogP contribution is -2.28. The van der Waals surface area contributed by atoms with Crippen LogP contribution >= 0.6 is 0 Å². The number of hydrogen-bond acceptors (Lipinski definition) is 2. The molecule has 0 fully saturated rings. The van der Waals surface area contributed by atoms with E-state index < -0.39 is 5.41 Å².